The molecule has 8 heteroatoms. The molecule has 2 rings (SSSR count). The number of hydrogen-bond donors (Lipinski definition) is 1. The summed E-state index contributed by atoms with van der Waals surface area (Å²) in [5.74, 6) is 0.572. The third-order valence-corrected chi connectivity index (χ3v) is 2.41. The van der Waals surface area contributed by atoms with Crippen LogP contribution >= 0.6 is 11.5 Å². The van der Waals surface area contributed by atoms with Gasteiger partial charge in [-0.3, -0.25) is 0 Å². The first-order valence-electron chi connectivity index (χ1n) is 4.02. The number of methoxy groups -OCH3 is 1. The Kier molecular flexibility index (Phi) is 2.42. The summed E-state index contributed by atoms with van der Waals surface area (Å²) in [6, 6.07) is 0. The van der Waals surface area contributed by atoms with Crippen LogP contribution in [-0.4, -0.2) is 37.6 Å². The van der Waals surface area contributed by atoms with Crippen LogP contribution in [0.2, 0.25) is 0 Å². The highest BCUT2D eigenvalue weighted by atomic mass is 32.1. The topological polar surface area (TPSA) is 93.7 Å². The average molecular weight is 225 g/mol. The third-order valence-electron chi connectivity index (χ3n) is 1.60. The lowest BCUT2D eigenvalue weighted by atomic mass is 10.6. The summed E-state index contributed by atoms with van der Waals surface area (Å²) < 4.78 is 8.48. The van der Waals surface area contributed by atoms with Crippen molar-refractivity contribution in [2.45, 2.75) is 6.92 Å². The predicted molar refractivity (Wildman–Crippen MR) is 51.4 cm³/mol. The molecule has 0 aliphatic carbocycles. The SMILES string of the molecule is COC(=O)c1nnc(-c2nc(C)ns2)[nH]1. The molecular weight excluding hydrogens is 218 g/mol. The Morgan fingerprint density at radius 3 is 2.87 bits per heavy atom. The van der Waals surface area contributed by atoms with Gasteiger partial charge >= 0.3 is 5.97 Å². The van der Waals surface area contributed by atoms with Gasteiger partial charge in [0.2, 0.25) is 5.82 Å². The van der Waals surface area contributed by atoms with E-state index in [-0.39, 0.29) is 5.82 Å². The zero-order valence-electron chi connectivity index (χ0n) is 8.01. The molecule has 78 valence electrons. The molecule has 0 radical (unpaired) electrons. The van der Waals surface area contributed by atoms with Gasteiger partial charge in [0.25, 0.3) is 0 Å². The number of esters is 1. The summed E-state index contributed by atoms with van der Waals surface area (Å²) in [6.45, 7) is 1.78. The normalized spacial score (nSPS) is 10.3. The Bertz CT molecular complexity index is 491. The minimum atomic E-state index is -0.560. The first kappa shape index (κ1) is 9.71. The maximum absolute atomic E-state index is 11.1. The van der Waals surface area contributed by atoms with Crippen molar-refractivity contribution in [3.8, 4) is 10.8 Å². The number of aromatic nitrogens is 5. The van der Waals surface area contributed by atoms with Gasteiger partial charge in [0.05, 0.1) is 7.11 Å². The van der Waals surface area contributed by atoms with Crippen LogP contribution in [0.4, 0.5) is 0 Å². The van der Waals surface area contributed by atoms with E-state index in [1.807, 2.05) is 0 Å². The number of hydrogen-bond acceptors (Lipinski definition) is 7. The molecule has 7 nitrogen and oxygen atoms in total. The second-order valence-electron chi connectivity index (χ2n) is 2.66. The van der Waals surface area contributed by atoms with Gasteiger partial charge in [-0.2, -0.15) is 4.37 Å². The van der Waals surface area contributed by atoms with Crippen molar-refractivity contribution in [3.05, 3.63) is 11.6 Å². The summed E-state index contributed by atoms with van der Waals surface area (Å²) in [5, 5.41) is 7.99. The number of H-pyrrole nitrogens is 1. The molecule has 0 bridgehead atoms. The van der Waals surface area contributed by atoms with E-state index in [1.165, 1.54) is 18.6 Å². The number of aryl methyl sites for hydroxylation is 1. The lowest BCUT2D eigenvalue weighted by molar-refractivity contribution is 0.0587. The van der Waals surface area contributed by atoms with Gasteiger partial charge in [-0.25, -0.2) is 9.78 Å². The fourth-order valence-corrected chi connectivity index (χ4v) is 1.55. The number of ether oxygens (including phenoxy) is 1. The highest BCUT2D eigenvalue weighted by Crippen LogP contribution is 2.16. The van der Waals surface area contributed by atoms with Crippen molar-refractivity contribution in [1.82, 2.24) is 24.5 Å². The molecule has 15 heavy (non-hydrogen) atoms. The summed E-state index contributed by atoms with van der Waals surface area (Å²) in [5.41, 5.74) is 0. The predicted octanol–water partition coefficient (Wildman–Crippen LogP) is 0.418. The molecule has 0 atom stereocenters. The van der Waals surface area contributed by atoms with Crippen molar-refractivity contribution >= 4 is 17.5 Å². The largest absolute Gasteiger partial charge is 0.463 e. The summed E-state index contributed by atoms with van der Waals surface area (Å²) in [6.07, 6.45) is 0. The Labute approximate surface area is 88.7 Å². The number of carbonyl (C=O) groups is 1. The van der Waals surface area contributed by atoms with Gasteiger partial charge < -0.3 is 9.72 Å². The zero-order chi connectivity index (χ0) is 10.8. The number of rotatable bonds is 2. The van der Waals surface area contributed by atoms with Gasteiger partial charge in [0.1, 0.15) is 5.82 Å². The molecule has 0 saturated carbocycles. The molecule has 1 N–H and O–H groups in total. The second-order valence-corrected chi connectivity index (χ2v) is 3.41. The molecule has 0 spiro atoms. The van der Waals surface area contributed by atoms with Gasteiger partial charge in [-0.15, -0.1) is 10.2 Å². The first-order chi connectivity index (χ1) is 7.20. The minimum absolute atomic E-state index is 0.0559. The summed E-state index contributed by atoms with van der Waals surface area (Å²) in [7, 11) is 1.28. The van der Waals surface area contributed by atoms with E-state index >= 15 is 0 Å². The molecule has 0 unspecified atom stereocenters. The second kappa shape index (κ2) is 3.73. The first-order valence-corrected chi connectivity index (χ1v) is 4.79. The highest BCUT2D eigenvalue weighted by Gasteiger charge is 2.14. The molecule has 0 aliphatic rings. The number of nitrogens with one attached hydrogen (secondary N) is 1. The molecular formula is C7H7N5O2S. The van der Waals surface area contributed by atoms with E-state index in [9.17, 15) is 4.79 Å². The van der Waals surface area contributed by atoms with Gasteiger partial charge in [-0.05, 0) is 18.5 Å². The van der Waals surface area contributed by atoms with Crippen LogP contribution < -0.4 is 0 Å². The molecule has 0 fully saturated rings. The van der Waals surface area contributed by atoms with Crippen LogP contribution in [0.3, 0.4) is 0 Å². The number of carbonyl (C=O) groups excluding carboxylic acids is 1. The van der Waals surface area contributed by atoms with E-state index in [0.29, 0.717) is 16.7 Å². The Hall–Kier alpha value is -1.83. The smallest absolute Gasteiger partial charge is 0.376 e. The molecule has 0 aliphatic heterocycles. The quantitative estimate of drug-likeness (QED) is 0.744. The molecule has 2 aromatic heterocycles. The van der Waals surface area contributed by atoms with Crippen molar-refractivity contribution < 1.29 is 9.53 Å². The van der Waals surface area contributed by atoms with Crippen LogP contribution in [-0.2, 0) is 4.74 Å². The fourth-order valence-electron chi connectivity index (χ4n) is 0.940. The van der Waals surface area contributed by atoms with E-state index in [2.05, 4.69) is 29.3 Å². The van der Waals surface area contributed by atoms with Gasteiger partial charge in [-0.1, -0.05) is 0 Å². The van der Waals surface area contributed by atoms with Gasteiger partial charge in [0, 0.05) is 0 Å². The minimum Gasteiger partial charge on any atom is -0.463 e. The van der Waals surface area contributed by atoms with Crippen LogP contribution in [0, 0.1) is 6.92 Å². The lowest BCUT2D eigenvalue weighted by Crippen LogP contribution is -2.03. The van der Waals surface area contributed by atoms with Crippen molar-refractivity contribution in [2.24, 2.45) is 0 Å². The molecule has 2 heterocycles. The molecule has 0 aromatic carbocycles. The molecule has 2 aromatic rings. The Balaban J connectivity index is 2.31. The fraction of sp³-hybridized carbons (Fsp3) is 0.286. The van der Waals surface area contributed by atoms with Crippen molar-refractivity contribution in [1.29, 1.82) is 0 Å². The van der Waals surface area contributed by atoms with E-state index in [0.717, 1.165) is 0 Å². The molecule has 0 amide bonds. The Morgan fingerprint density at radius 1 is 1.47 bits per heavy atom. The van der Waals surface area contributed by atoms with E-state index in [1.54, 1.807) is 6.92 Å². The maximum Gasteiger partial charge on any atom is 0.376 e. The van der Waals surface area contributed by atoms with Crippen molar-refractivity contribution in [2.75, 3.05) is 7.11 Å². The van der Waals surface area contributed by atoms with Crippen LogP contribution in [0.15, 0.2) is 0 Å². The van der Waals surface area contributed by atoms with E-state index in [4.69, 9.17) is 0 Å². The maximum atomic E-state index is 11.1. The van der Waals surface area contributed by atoms with Crippen LogP contribution in [0.1, 0.15) is 16.4 Å². The Morgan fingerprint density at radius 2 is 2.27 bits per heavy atom. The monoisotopic (exact) mass is 225 g/mol. The molecule has 0 saturated heterocycles. The van der Waals surface area contributed by atoms with Crippen LogP contribution in [0.5, 0.6) is 0 Å². The third kappa shape index (κ3) is 1.84. The standard InChI is InChI=1S/C7H7N5O2S/c1-3-8-6(15-12-3)4-9-5(11-10-4)7(13)14-2/h1-2H3,(H,9,10,11). The lowest BCUT2D eigenvalue weighted by Gasteiger charge is -1.90. The average Bonchev–Trinajstić information content (AvgIpc) is 2.84. The number of nitrogens with zero attached hydrogens (tertiary/aromatic N) is 4. The summed E-state index contributed by atoms with van der Waals surface area (Å²) >= 11 is 1.19. The highest BCUT2D eigenvalue weighted by molar-refractivity contribution is 7.09. The zero-order valence-corrected chi connectivity index (χ0v) is 8.83. The van der Waals surface area contributed by atoms with Crippen LogP contribution in [0.25, 0.3) is 10.8 Å². The van der Waals surface area contributed by atoms with Gasteiger partial charge in [0.15, 0.2) is 10.8 Å². The number of aromatic amines is 1. The van der Waals surface area contributed by atoms with Crippen molar-refractivity contribution in [3.63, 3.8) is 0 Å². The van der Waals surface area contributed by atoms with E-state index < -0.39 is 5.97 Å². The summed E-state index contributed by atoms with van der Waals surface area (Å²) in [4.78, 5) is 17.9.